The maximum Gasteiger partial charge on any atom is 0.254 e. The smallest absolute Gasteiger partial charge is 0.254 e. The van der Waals surface area contributed by atoms with Gasteiger partial charge in [-0.25, -0.2) is 13.1 Å². The molecule has 0 radical (unpaired) electrons. The number of sulfonamides is 1. The molecule has 27 heavy (non-hydrogen) atoms. The number of nitrogens with one attached hydrogen (secondary N) is 1. The van der Waals surface area contributed by atoms with Gasteiger partial charge in [-0.05, 0) is 36.8 Å². The quantitative estimate of drug-likeness (QED) is 0.826. The predicted molar refractivity (Wildman–Crippen MR) is 106 cm³/mol. The number of rotatable bonds is 6. The Kier molecular flexibility index (Phi) is 6.13. The van der Waals surface area contributed by atoms with E-state index in [1.54, 1.807) is 17.0 Å². The number of benzene rings is 2. The lowest BCUT2D eigenvalue weighted by molar-refractivity contribution is 0.0746. The van der Waals surface area contributed by atoms with Gasteiger partial charge in [0.2, 0.25) is 10.0 Å². The number of nitrogens with zero attached hydrogens (tertiary/aromatic N) is 2. The van der Waals surface area contributed by atoms with Crippen LogP contribution in [0.5, 0.6) is 0 Å². The highest BCUT2D eigenvalue weighted by molar-refractivity contribution is 7.89. The number of anilines is 1. The van der Waals surface area contributed by atoms with Crippen molar-refractivity contribution in [2.75, 3.05) is 37.6 Å². The molecule has 0 bridgehead atoms. The Balaban J connectivity index is 1.68. The fourth-order valence-electron chi connectivity index (χ4n) is 3.11. The number of hydrogen-bond acceptors (Lipinski definition) is 4. The zero-order valence-corrected chi connectivity index (χ0v) is 16.3. The fourth-order valence-corrected chi connectivity index (χ4v) is 4.28. The lowest BCUT2D eigenvalue weighted by Gasteiger charge is -2.36. The highest BCUT2D eigenvalue weighted by Crippen LogP contribution is 2.18. The Hall–Kier alpha value is -2.38. The average molecular weight is 388 g/mol. The summed E-state index contributed by atoms with van der Waals surface area (Å²) in [7, 11) is -3.58. The third kappa shape index (κ3) is 4.67. The van der Waals surface area contributed by atoms with Crippen molar-refractivity contribution >= 4 is 21.6 Å². The van der Waals surface area contributed by atoms with Crippen molar-refractivity contribution < 1.29 is 13.2 Å². The maximum atomic E-state index is 12.8. The number of carbonyl (C=O) groups excluding carboxylic acids is 1. The molecule has 1 saturated heterocycles. The minimum atomic E-state index is -3.58. The van der Waals surface area contributed by atoms with E-state index in [-0.39, 0.29) is 10.8 Å². The zero-order valence-electron chi connectivity index (χ0n) is 15.5. The minimum Gasteiger partial charge on any atom is -0.368 e. The summed E-state index contributed by atoms with van der Waals surface area (Å²) in [5.41, 5.74) is 1.56. The molecule has 1 aliphatic rings. The predicted octanol–water partition coefficient (Wildman–Crippen LogP) is 2.34. The van der Waals surface area contributed by atoms with E-state index in [1.165, 1.54) is 12.1 Å². The van der Waals surface area contributed by atoms with Gasteiger partial charge in [0.15, 0.2) is 0 Å². The van der Waals surface area contributed by atoms with Gasteiger partial charge in [0.1, 0.15) is 0 Å². The molecule has 0 unspecified atom stereocenters. The summed E-state index contributed by atoms with van der Waals surface area (Å²) in [5.74, 6) is -0.129. The van der Waals surface area contributed by atoms with Crippen molar-refractivity contribution in [3.63, 3.8) is 0 Å². The Morgan fingerprint density at radius 1 is 1.00 bits per heavy atom. The molecule has 2 aromatic rings. The molecule has 144 valence electrons. The molecule has 1 heterocycles. The number of para-hydroxylation sites is 1. The van der Waals surface area contributed by atoms with Gasteiger partial charge in [-0.3, -0.25) is 4.79 Å². The van der Waals surface area contributed by atoms with E-state index in [9.17, 15) is 13.2 Å². The highest BCUT2D eigenvalue weighted by atomic mass is 32.2. The summed E-state index contributed by atoms with van der Waals surface area (Å²) in [4.78, 5) is 17.0. The van der Waals surface area contributed by atoms with Crippen molar-refractivity contribution in [2.24, 2.45) is 0 Å². The van der Waals surface area contributed by atoms with Gasteiger partial charge in [-0.2, -0.15) is 0 Å². The lowest BCUT2D eigenvalue weighted by atomic mass is 10.1. The summed E-state index contributed by atoms with van der Waals surface area (Å²) in [6.07, 6.45) is 0.712. The van der Waals surface area contributed by atoms with Gasteiger partial charge >= 0.3 is 0 Å². The third-order valence-corrected chi connectivity index (χ3v) is 6.08. The fraction of sp³-hybridized carbons (Fsp3) is 0.350. The van der Waals surface area contributed by atoms with Crippen molar-refractivity contribution in [2.45, 2.75) is 18.2 Å². The van der Waals surface area contributed by atoms with Crippen molar-refractivity contribution in [3.8, 4) is 0 Å². The SMILES string of the molecule is CCCNS(=O)(=O)c1cccc(C(=O)N2CCN(c3ccccc3)CC2)c1. The molecule has 6 nitrogen and oxygen atoms in total. The number of carbonyl (C=O) groups is 1. The molecule has 3 rings (SSSR count). The largest absolute Gasteiger partial charge is 0.368 e. The standard InChI is InChI=1S/C20H25N3O3S/c1-2-11-21-27(25,26)19-10-6-7-17(16-19)20(24)23-14-12-22(13-15-23)18-8-4-3-5-9-18/h3-10,16,21H,2,11-15H2,1H3. The van der Waals surface area contributed by atoms with Crippen LogP contribution in [0.4, 0.5) is 5.69 Å². The third-order valence-electron chi connectivity index (χ3n) is 4.62. The van der Waals surface area contributed by atoms with Crippen LogP contribution in [-0.4, -0.2) is 51.9 Å². The number of piperazine rings is 1. The summed E-state index contributed by atoms with van der Waals surface area (Å²) < 4.78 is 27.1. The molecule has 0 aliphatic carbocycles. The first-order valence-corrected chi connectivity index (χ1v) is 10.7. The molecular weight excluding hydrogens is 362 g/mol. The van der Waals surface area contributed by atoms with E-state index in [2.05, 4.69) is 21.8 Å². The van der Waals surface area contributed by atoms with Gasteiger partial charge in [0, 0.05) is 44.0 Å². The van der Waals surface area contributed by atoms with E-state index in [4.69, 9.17) is 0 Å². The number of hydrogen-bond donors (Lipinski definition) is 1. The van der Waals surface area contributed by atoms with Crippen LogP contribution in [-0.2, 0) is 10.0 Å². The first-order valence-electron chi connectivity index (χ1n) is 9.20. The summed E-state index contributed by atoms with van der Waals surface area (Å²) >= 11 is 0. The molecule has 7 heteroatoms. The second kappa shape index (κ2) is 8.54. The molecule has 1 N–H and O–H groups in total. The molecule has 0 saturated carbocycles. The molecule has 1 aliphatic heterocycles. The normalized spacial score (nSPS) is 15.0. The van der Waals surface area contributed by atoms with Gasteiger partial charge in [-0.15, -0.1) is 0 Å². The van der Waals surface area contributed by atoms with Crippen LogP contribution >= 0.6 is 0 Å². The van der Waals surface area contributed by atoms with Crippen LogP contribution in [0.1, 0.15) is 23.7 Å². The molecule has 1 amide bonds. The zero-order chi connectivity index (χ0) is 19.3. The Labute approximate surface area is 160 Å². The van der Waals surface area contributed by atoms with Crippen molar-refractivity contribution in [3.05, 3.63) is 60.2 Å². The van der Waals surface area contributed by atoms with E-state index in [0.29, 0.717) is 31.6 Å². The summed E-state index contributed by atoms with van der Waals surface area (Å²) in [6.45, 7) is 5.01. The second-order valence-corrected chi connectivity index (χ2v) is 8.31. The first kappa shape index (κ1) is 19.4. The van der Waals surface area contributed by atoms with Crippen LogP contribution in [0.3, 0.4) is 0 Å². The summed E-state index contributed by atoms with van der Waals surface area (Å²) in [5, 5.41) is 0. The lowest BCUT2D eigenvalue weighted by Crippen LogP contribution is -2.48. The molecule has 0 atom stereocenters. The second-order valence-electron chi connectivity index (χ2n) is 6.54. The van der Waals surface area contributed by atoms with Gasteiger partial charge < -0.3 is 9.80 Å². The van der Waals surface area contributed by atoms with Crippen LogP contribution in [0.2, 0.25) is 0 Å². The van der Waals surface area contributed by atoms with Crippen LogP contribution < -0.4 is 9.62 Å². The van der Waals surface area contributed by atoms with Crippen LogP contribution in [0, 0.1) is 0 Å². The molecule has 0 aromatic heterocycles. The topological polar surface area (TPSA) is 69.7 Å². The van der Waals surface area contributed by atoms with Crippen LogP contribution in [0.25, 0.3) is 0 Å². The average Bonchev–Trinajstić information content (AvgIpc) is 2.72. The van der Waals surface area contributed by atoms with E-state index < -0.39 is 10.0 Å². The maximum absolute atomic E-state index is 12.8. The van der Waals surface area contributed by atoms with E-state index in [0.717, 1.165) is 18.8 Å². The van der Waals surface area contributed by atoms with Gasteiger partial charge in [0.05, 0.1) is 4.90 Å². The number of amides is 1. The van der Waals surface area contributed by atoms with Crippen molar-refractivity contribution in [1.29, 1.82) is 0 Å². The molecule has 1 fully saturated rings. The Morgan fingerprint density at radius 3 is 2.37 bits per heavy atom. The van der Waals surface area contributed by atoms with Gasteiger partial charge in [-0.1, -0.05) is 31.2 Å². The monoisotopic (exact) mass is 387 g/mol. The van der Waals surface area contributed by atoms with Gasteiger partial charge in [0.25, 0.3) is 5.91 Å². The minimum absolute atomic E-state index is 0.129. The van der Waals surface area contributed by atoms with E-state index >= 15 is 0 Å². The molecular formula is C20H25N3O3S. The summed E-state index contributed by atoms with van der Waals surface area (Å²) in [6, 6.07) is 16.4. The molecule has 0 spiro atoms. The Bertz CT molecular complexity index is 876. The van der Waals surface area contributed by atoms with Crippen molar-refractivity contribution in [1.82, 2.24) is 9.62 Å². The first-order chi connectivity index (χ1) is 13.0. The molecule has 2 aromatic carbocycles. The van der Waals surface area contributed by atoms with Crippen LogP contribution in [0.15, 0.2) is 59.5 Å². The highest BCUT2D eigenvalue weighted by Gasteiger charge is 2.23. The van der Waals surface area contributed by atoms with E-state index in [1.807, 2.05) is 25.1 Å². The Morgan fingerprint density at radius 2 is 1.70 bits per heavy atom.